The molecule has 2 atom stereocenters. The molecule has 118 valence electrons. The van der Waals surface area contributed by atoms with E-state index in [1.165, 1.54) is 12.8 Å². The number of likely N-dealkylation sites (tertiary alicyclic amines) is 2. The summed E-state index contributed by atoms with van der Waals surface area (Å²) in [5.41, 5.74) is -1.00. The van der Waals surface area contributed by atoms with Crippen LogP contribution in [0.15, 0.2) is 0 Å². The predicted octanol–water partition coefficient (Wildman–Crippen LogP) is 1.26. The van der Waals surface area contributed by atoms with Crippen molar-refractivity contribution < 1.29 is 14.7 Å². The van der Waals surface area contributed by atoms with Gasteiger partial charge in [-0.15, -0.1) is 0 Å². The van der Waals surface area contributed by atoms with Crippen LogP contribution in [0.3, 0.4) is 0 Å². The van der Waals surface area contributed by atoms with Gasteiger partial charge in [-0.1, -0.05) is 6.92 Å². The van der Waals surface area contributed by atoms with Crippen molar-refractivity contribution in [3.63, 3.8) is 0 Å². The molecule has 2 amide bonds. The Labute approximate surface area is 125 Å². The molecule has 0 spiro atoms. The van der Waals surface area contributed by atoms with Crippen molar-refractivity contribution in [1.82, 2.24) is 15.1 Å². The lowest BCUT2D eigenvalue weighted by Gasteiger charge is -2.34. The Bertz CT molecular complexity index is 438. The number of nitrogens with one attached hydrogen (secondary N) is 1. The molecular formula is C15H25N3O3. The smallest absolute Gasteiger partial charge is 0.329 e. The number of nitrogens with zero attached hydrogens (tertiary/aromatic N) is 2. The molecule has 0 aromatic rings. The van der Waals surface area contributed by atoms with Crippen LogP contribution in [0.25, 0.3) is 0 Å². The van der Waals surface area contributed by atoms with E-state index in [1.807, 2.05) is 6.92 Å². The summed E-state index contributed by atoms with van der Waals surface area (Å²) < 4.78 is 0. The number of hydrogen-bond acceptors (Lipinski definition) is 3. The Hall–Kier alpha value is -1.30. The highest BCUT2D eigenvalue weighted by Gasteiger charge is 2.49. The van der Waals surface area contributed by atoms with E-state index in [2.05, 4.69) is 10.2 Å². The largest absolute Gasteiger partial charge is 0.479 e. The third-order valence-electron chi connectivity index (χ3n) is 5.33. The molecule has 1 saturated carbocycles. The maximum atomic E-state index is 12.5. The maximum absolute atomic E-state index is 12.5. The topological polar surface area (TPSA) is 72.9 Å². The third kappa shape index (κ3) is 2.61. The van der Waals surface area contributed by atoms with Crippen LogP contribution in [0.5, 0.6) is 0 Å². The first kappa shape index (κ1) is 14.6. The van der Waals surface area contributed by atoms with Gasteiger partial charge in [0.25, 0.3) is 0 Å². The summed E-state index contributed by atoms with van der Waals surface area (Å²) >= 11 is 0. The van der Waals surface area contributed by atoms with E-state index in [1.54, 1.807) is 4.90 Å². The lowest BCUT2D eigenvalue weighted by atomic mass is 9.93. The van der Waals surface area contributed by atoms with Gasteiger partial charge in [-0.3, -0.25) is 4.90 Å². The van der Waals surface area contributed by atoms with Gasteiger partial charge in [0.15, 0.2) is 0 Å². The number of hydrogen-bond donors (Lipinski definition) is 2. The number of aliphatic carboxylic acids is 1. The summed E-state index contributed by atoms with van der Waals surface area (Å²) in [6.45, 7) is 4.36. The molecule has 0 radical (unpaired) electrons. The molecule has 0 aromatic heterocycles. The van der Waals surface area contributed by atoms with E-state index < -0.39 is 11.5 Å². The van der Waals surface area contributed by atoms with Crippen LogP contribution in [0, 0.1) is 0 Å². The molecule has 3 aliphatic rings. The zero-order valence-electron chi connectivity index (χ0n) is 12.7. The van der Waals surface area contributed by atoms with Crippen LogP contribution >= 0.6 is 0 Å². The van der Waals surface area contributed by atoms with Crippen molar-refractivity contribution in [2.24, 2.45) is 0 Å². The number of amides is 2. The molecule has 21 heavy (non-hydrogen) atoms. The lowest BCUT2D eigenvalue weighted by Crippen LogP contribution is -2.57. The molecule has 2 N–H and O–H groups in total. The minimum Gasteiger partial charge on any atom is -0.479 e. The van der Waals surface area contributed by atoms with Crippen molar-refractivity contribution >= 4 is 12.0 Å². The van der Waals surface area contributed by atoms with Crippen LogP contribution in [-0.2, 0) is 4.79 Å². The van der Waals surface area contributed by atoms with Gasteiger partial charge < -0.3 is 15.3 Å². The standard InChI is InChI=1S/C15H25N3O3/c1-2-15(13(19)20)7-3-8-18(15)14(21)16-11-6-9-17(10-11)12-4-5-12/h11-12H,2-10H2,1H3,(H,16,21)(H,19,20). The molecule has 6 heteroatoms. The molecule has 3 fully saturated rings. The lowest BCUT2D eigenvalue weighted by molar-refractivity contribution is -0.148. The van der Waals surface area contributed by atoms with E-state index in [-0.39, 0.29) is 12.1 Å². The SMILES string of the molecule is CCC1(C(=O)O)CCCN1C(=O)NC1CCN(C2CC2)C1. The molecule has 2 heterocycles. The fourth-order valence-electron chi connectivity index (χ4n) is 3.84. The Balaban J connectivity index is 1.60. The number of carbonyl (C=O) groups is 2. The van der Waals surface area contributed by atoms with Gasteiger partial charge in [0.1, 0.15) is 5.54 Å². The van der Waals surface area contributed by atoms with Crippen molar-refractivity contribution in [3.8, 4) is 0 Å². The van der Waals surface area contributed by atoms with Crippen molar-refractivity contribution in [3.05, 3.63) is 0 Å². The zero-order chi connectivity index (χ0) is 15.0. The zero-order valence-corrected chi connectivity index (χ0v) is 12.7. The summed E-state index contributed by atoms with van der Waals surface area (Å²) in [5, 5.41) is 12.6. The quantitative estimate of drug-likeness (QED) is 0.819. The molecule has 0 bridgehead atoms. The van der Waals surface area contributed by atoms with E-state index in [0.29, 0.717) is 19.4 Å². The second-order valence-corrected chi connectivity index (χ2v) is 6.61. The van der Waals surface area contributed by atoms with Crippen molar-refractivity contribution in [2.45, 2.75) is 63.1 Å². The predicted molar refractivity (Wildman–Crippen MR) is 78.1 cm³/mol. The van der Waals surface area contributed by atoms with Crippen molar-refractivity contribution in [1.29, 1.82) is 0 Å². The third-order valence-corrected chi connectivity index (χ3v) is 5.33. The van der Waals surface area contributed by atoms with E-state index >= 15 is 0 Å². The second kappa shape index (κ2) is 5.48. The molecule has 2 aliphatic heterocycles. The average Bonchev–Trinajstić information content (AvgIpc) is 3.04. The van der Waals surface area contributed by atoms with Crippen molar-refractivity contribution in [2.75, 3.05) is 19.6 Å². The van der Waals surface area contributed by atoms with Crippen LogP contribution < -0.4 is 5.32 Å². The van der Waals surface area contributed by atoms with E-state index in [9.17, 15) is 14.7 Å². The summed E-state index contributed by atoms with van der Waals surface area (Å²) in [5.74, 6) is -0.872. The first-order valence-electron chi connectivity index (χ1n) is 8.12. The first-order valence-corrected chi connectivity index (χ1v) is 8.12. The Kier molecular flexibility index (Phi) is 3.82. The first-order chi connectivity index (χ1) is 10.1. The normalized spacial score (nSPS) is 33.4. The van der Waals surface area contributed by atoms with Gasteiger partial charge in [0.2, 0.25) is 0 Å². The molecule has 2 unspecified atom stereocenters. The minimum atomic E-state index is -1.00. The van der Waals surface area contributed by atoms with Gasteiger partial charge in [0, 0.05) is 31.7 Å². The number of carboxylic acids is 1. The van der Waals surface area contributed by atoms with Gasteiger partial charge in [-0.25, -0.2) is 9.59 Å². The summed E-state index contributed by atoms with van der Waals surface area (Å²) in [6, 6.07) is 0.703. The highest BCUT2D eigenvalue weighted by atomic mass is 16.4. The number of carbonyl (C=O) groups excluding carboxylic acids is 1. The van der Waals surface area contributed by atoms with Crippen LogP contribution in [0.1, 0.15) is 45.4 Å². The van der Waals surface area contributed by atoms with Gasteiger partial charge >= 0.3 is 12.0 Å². The molecule has 3 rings (SSSR count). The van der Waals surface area contributed by atoms with Crippen LogP contribution in [-0.4, -0.2) is 64.2 Å². The average molecular weight is 295 g/mol. The Morgan fingerprint density at radius 3 is 2.67 bits per heavy atom. The minimum absolute atomic E-state index is 0.169. The maximum Gasteiger partial charge on any atom is 0.329 e. The summed E-state index contributed by atoms with van der Waals surface area (Å²) in [6.07, 6.45) is 5.34. The Morgan fingerprint density at radius 1 is 1.29 bits per heavy atom. The van der Waals surface area contributed by atoms with Crippen LogP contribution in [0.4, 0.5) is 4.79 Å². The highest BCUT2D eigenvalue weighted by Crippen LogP contribution is 2.33. The highest BCUT2D eigenvalue weighted by molar-refractivity contribution is 5.87. The molecule has 1 aliphatic carbocycles. The second-order valence-electron chi connectivity index (χ2n) is 6.61. The number of rotatable bonds is 4. The summed E-state index contributed by atoms with van der Waals surface area (Å²) in [4.78, 5) is 28.1. The molecule has 2 saturated heterocycles. The van der Waals surface area contributed by atoms with Crippen LogP contribution in [0.2, 0.25) is 0 Å². The van der Waals surface area contributed by atoms with Gasteiger partial charge in [0.05, 0.1) is 0 Å². The Morgan fingerprint density at radius 2 is 2.05 bits per heavy atom. The molecular weight excluding hydrogens is 270 g/mol. The number of carboxylic acid groups (broad SMARTS) is 1. The molecule has 6 nitrogen and oxygen atoms in total. The van der Waals surface area contributed by atoms with E-state index in [4.69, 9.17) is 0 Å². The van der Waals surface area contributed by atoms with Gasteiger partial charge in [-0.05, 0) is 38.5 Å². The van der Waals surface area contributed by atoms with E-state index in [0.717, 1.165) is 32.0 Å². The fourth-order valence-corrected chi connectivity index (χ4v) is 3.84. The fraction of sp³-hybridized carbons (Fsp3) is 0.867. The molecule has 0 aromatic carbocycles. The number of urea groups is 1. The summed E-state index contributed by atoms with van der Waals surface area (Å²) in [7, 11) is 0. The van der Waals surface area contributed by atoms with Gasteiger partial charge in [-0.2, -0.15) is 0 Å². The monoisotopic (exact) mass is 295 g/mol.